The lowest BCUT2D eigenvalue weighted by Crippen LogP contribution is -2.52. The molecule has 1 heterocycles. The Bertz CT molecular complexity index is 295. The molecule has 0 spiro atoms. The van der Waals surface area contributed by atoms with Crippen LogP contribution in [-0.4, -0.2) is 30.0 Å². The van der Waals surface area contributed by atoms with E-state index >= 15 is 0 Å². The molecular weight excluding hydrogens is 262 g/mol. The van der Waals surface area contributed by atoms with Crippen LogP contribution in [0.3, 0.4) is 0 Å². The smallest absolute Gasteiger partial charge is 0.220 e. The number of halogens is 1. The standard InChI is InChI=1S/C15H26ClNO2/c1-12-6-8-15(11-16,9-7-12)17-14(18)5-4-13-3-2-10-19-13/h12-13H,2-11H2,1H3,(H,17,18). The molecule has 0 aromatic rings. The molecule has 2 aliphatic rings. The Hall–Kier alpha value is -0.280. The topological polar surface area (TPSA) is 38.3 Å². The number of carbonyl (C=O) groups is 1. The Morgan fingerprint density at radius 3 is 2.68 bits per heavy atom. The van der Waals surface area contributed by atoms with Gasteiger partial charge in [-0.2, -0.15) is 0 Å². The van der Waals surface area contributed by atoms with Gasteiger partial charge in [0, 0.05) is 18.9 Å². The molecule has 4 heteroatoms. The number of ether oxygens (including phenoxy) is 1. The minimum Gasteiger partial charge on any atom is -0.378 e. The first-order chi connectivity index (χ1) is 9.13. The van der Waals surface area contributed by atoms with Gasteiger partial charge in [0.1, 0.15) is 0 Å². The second-order valence-electron chi connectivity index (χ2n) is 6.32. The number of hydrogen-bond acceptors (Lipinski definition) is 2. The van der Waals surface area contributed by atoms with Crippen LogP contribution in [0.25, 0.3) is 0 Å². The summed E-state index contributed by atoms with van der Waals surface area (Å²) in [6.07, 6.45) is 8.31. The van der Waals surface area contributed by atoms with Crippen LogP contribution >= 0.6 is 11.6 Å². The fourth-order valence-electron chi connectivity index (χ4n) is 3.13. The highest BCUT2D eigenvalue weighted by Crippen LogP contribution is 2.33. The Labute approximate surface area is 121 Å². The maximum atomic E-state index is 12.1. The van der Waals surface area contributed by atoms with Crippen LogP contribution in [0.15, 0.2) is 0 Å². The summed E-state index contributed by atoms with van der Waals surface area (Å²) >= 11 is 6.12. The van der Waals surface area contributed by atoms with E-state index in [9.17, 15) is 4.79 Å². The minimum absolute atomic E-state index is 0.144. The van der Waals surface area contributed by atoms with E-state index in [1.54, 1.807) is 0 Å². The zero-order valence-corrected chi connectivity index (χ0v) is 12.7. The summed E-state index contributed by atoms with van der Waals surface area (Å²) in [5.74, 6) is 1.44. The van der Waals surface area contributed by atoms with E-state index in [0.717, 1.165) is 44.6 Å². The molecule has 2 rings (SSSR count). The maximum Gasteiger partial charge on any atom is 0.220 e. The highest BCUT2D eigenvalue weighted by molar-refractivity contribution is 6.18. The number of amides is 1. The summed E-state index contributed by atoms with van der Waals surface area (Å²) in [6.45, 7) is 3.13. The lowest BCUT2D eigenvalue weighted by molar-refractivity contribution is -0.123. The molecule has 1 N–H and O–H groups in total. The molecule has 1 saturated heterocycles. The van der Waals surface area contributed by atoms with Crippen molar-refractivity contribution in [3.05, 3.63) is 0 Å². The summed E-state index contributed by atoms with van der Waals surface area (Å²) in [5, 5.41) is 3.20. The molecule has 0 aromatic heterocycles. The minimum atomic E-state index is -0.151. The Morgan fingerprint density at radius 2 is 2.11 bits per heavy atom. The van der Waals surface area contributed by atoms with Crippen LogP contribution < -0.4 is 5.32 Å². The van der Waals surface area contributed by atoms with Crippen molar-refractivity contribution < 1.29 is 9.53 Å². The molecule has 2 fully saturated rings. The average molecular weight is 288 g/mol. The lowest BCUT2D eigenvalue weighted by Gasteiger charge is -2.38. The lowest BCUT2D eigenvalue weighted by atomic mass is 9.78. The Balaban J connectivity index is 1.75. The molecule has 1 aliphatic carbocycles. The second kappa shape index (κ2) is 6.94. The quantitative estimate of drug-likeness (QED) is 0.788. The number of alkyl halides is 1. The second-order valence-corrected chi connectivity index (χ2v) is 6.59. The van der Waals surface area contributed by atoms with Crippen molar-refractivity contribution >= 4 is 17.5 Å². The van der Waals surface area contributed by atoms with Gasteiger partial charge in [0.15, 0.2) is 0 Å². The van der Waals surface area contributed by atoms with Crippen LogP contribution in [0.2, 0.25) is 0 Å². The monoisotopic (exact) mass is 287 g/mol. The molecule has 0 radical (unpaired) electrons. The molecule has 1 atom stereocenters. The molecule has 1 unspecified atom stereocenters. The van der Waals surface area contributed by atoms with Crippen molar-refractivity contribution in [1.29, 1.82) is 0 Å². The van der Waals surface area contributed by atoms with Crippen molar-refractivity contribution in [2.75, 3.05) is 12.5 Å². The third-order valence-corrected chi connectivity index (χ3v) is 5.12. The third kappa shape index (κ3) is 4.35. The number of carbonyl (C=O) groups excluding carboxylic acids is 1. The van der Waals surface area contributed by atoms with E-state index in [2.05, 4.69) is 12.2 Å². The van der Waals surface area contributed by atoms with Gasteiger partial charge in [-0.1, -0.05) is 6.92 Å². The van der Waals surface area contributed by atoms with Gasteiger partial charge in [-0.3, -0.25) is 4.79 Å². The van der Waals surface area contributed by atoms with E-state index < -0.39 is 0 Å². The molecule has 1 amide bonds. The van der Waals surface area contributed by atoms with Crippen molar-refractivity contribution in [3.8, 4) is 0 Å². The molecule has 19 heavy (non-hydrogen) atoms. The van der Waals surface area contributed by atoms with Crippen LogP contribution in [0.5, 0.6) is 0 Å². The van der Waals surface area contributed by atoms with Gasteiger partial charge in [-0.05, 0) is 50.9 Å². The molecule has 0 bridgehead atoms. The SMILES string of the molecule is CC1CCC(CCl)(NC(=O)CCC2CCCO2)CC1. The molecule has 0 aromatic carbocycles. The molecular formula is C15H26ClNO2. The third-order valence-electron chi connectivity index (χ3n) is 4.61. The van der Waals surface area contributed by atoms with Crippen LogP contribution in [0.1, 0.15) is 58.3 Å². The van der Waals surface area contributed by atoms with E-state index in [-0.39, 0.29) is 11.4 Å². The first-order valence-corrected chi connectivity index (χ1v) is 8.15. The molecule has 1 aliphatic heterocycles. The fraction of sp³-hybridized carbons (Fsp3) is 0.933. The van der Waals surface area contributed by atoms with Gasteiger partial charge < -0.3 is 10.1 Å². The van der Waals surface area contributed by atoms with Crippen LogP contribution in [-0.2, 0) is 9.53 Å². The van der Waals surface area contributed by atoms with Gasteiger partial charge >= 0.3 is 0 Å². The predicted molar refractivity (Wildman–Crippen MR) is 77.4 cm³/mol. The van der Waals surface area contributed by atoms with Crippen LogP contribution in [0.4, 0.5) is 0 Å². The highest BCUT2D eigenvalue weighted by atomic mass is 35.5. The van der Waals surface area contributed by atoms with E-state index in [1.807, 2.05) is 0 Å². The Morgan fingerprint density at radius 1 is 1.37 bits per heavy atom. The summed E-state index contributed by atoms with van der Waals surface area (Å²) in [7, 11) is 0. The largest absolute Gasteiger partial charge is 0.378 e. The number of nitrogens with one attached hydrogen (secondary N) is 1. The molecule has 110 valence electrons. The predicted octanol–water partition coefficient (Wildman–Crippen LogP) is 3.25. The first-order valence-electron chi connectivity index (χ1n) is 7.62. The first kappa shape index (κ1) is 15.1. The van der Waals surface area contributed by atoms with Crippen LogP contribution in [0, 0.1) is 5.92 Å². The highest BCUT2D eigenvalue weighted by Gasteiger charge is 2.34. The van der Waals surface area contributed by atoms with E-state index in [1.165, 1.54) is 12.8 Å². The van der Waals surface area contributed by atoms with E-state index in [4.69, 9.17) is 16.3 Å². The average Bonchev–Trinajstić information content (AvgIpc) is 2.93. The van der Waals surface area contributed by atoms with Crippen molar-refractivity contribution in [3.63, 3.8) is 0 Å². The van der Waals surface area contributed by atoms with Gasteiger partial charge in [0.25, 0.3) is 0 Å². The summed E-state index contributed by atoms with van der Waals surface area (Å²) < 4.78 is 5.55. The maximum absolute atomic E-state index is 12.1. The van der Waals surface area contributed by atoms with Crippen molar-refractivity contribution in [1.82, 2.24) is 5.32 Å². The summed E-state index contributed by atoms with van der Waals surface area (Å²) in [5.41, 5.74) is -0.151. The molecule has 3 nitrogen and oxygen atoms in total. The van der Waals surface area contributed by atoms with Gasteiger partial charge in [0.2, 0.25) is 5.91 Å². The normalized spacial score (nSPS) is 35.3. The zero-order valence-electron chi connectivity index (χ0n) is 11.9. The summed E-state index contributed by atoms with van der Waals surface area (Å²) in [4.78, 5) is 12.1. The Kier molecular flexibility index (Phi) is 5.52. The molecule has 1 saturated carbocycles. The zero-order chi connectivity index (χ0) is 13.7. The van der Waals surface area contributed by atoms with Crippen molar-refractivity contribution in [2.24, 2.45) is 5.92 Å². The van der Waals surface area contributed by atoms with Crippen molar-refractivity contribution in [2.45, 2.75) is 69.9 Å². The summed E-state index contributed by atoms with van der Waals surface area (Å²) in [6, 6.07) is 0. The van der Waals surface area contributed by atoms with E-state index in [0.29, 0.717) is 18.4 Å². The fourth-order valence-corrected chi connectivity index (χ4v) is 3.46. The number of rotatable bonds is 5. The van der Waals surface area contributed by atoms with Gasteiger partial charge in [0.05, 0.1) is 11.6 Å². The number of hydrogen-bond donors (Lipinski definition) is 1. The van der Waals surface area contributed by atoms with Gasteiger partial charge in [-0.25, -0.2) is 0 Å². The van der Waals surface area contributed by atoms with Gasteiger partial charge in [-0.15, -0.1) is 11.6 Å².